The van der Waals surface area contributed by atoms with Crippen LogP contribution in [0.4, 0.5) is 5.69 Å². The first-order valence-corrected chi connectivity index (χ1v) is 8.32. The molecule has 0 radical (unpaired) electrons. The highest BCUT2D eigenvalue weighted by molar-refractivity contribution is 7.92. The smallest absolute Gasteiger partial charge is 0.235 e. The molecule has 0 heterocycles. The summed E-state index contributed by atoms with van der Waals surface area (Å²) in [5.74, 6) is 5.12. The van der Waals surface area contributed by atoms with Crippen LogP contribution in [-0.4, -0.2) is 38.6 Å². The monoisotopic (exact) mass is 311 g/mol. The molecule has 1 aromatic carbocycles. The van der Waals surface area contributed by atoms with Crippen LogP contribution in [0, 0.1) is 18.8 Å². The Morgan fingerprint density at radius 1 is 1.38 bits per heavy atom. The summed E-state index contributed by atoms with van der Waals surface area (Å²) in [4.78, 5) is 0. The van der Waals surface area contributed by atoms with Crippen molar-refractivity contribution in [3.05, 3.63) is 29.3 Å². The maximum Gasteiger partial charge on any atom is 0.235 e. The molecule has 1 rings (SSSR count). The molecule has 0 aliphatic carbocycles. The lowest BCUT2D eigenvalue weighted by molar-refractivity contribution is 0.0913. The minimum Gasteiger partial charge on any atom is -0.384 e. The van der Waals surface area contributed by atoms with Crippen LogP contribution in [0.3, 0.4) is 0 Å². The van der Waals surface area contributed by atoms with Crippen LogP contribution in [0.25, 0.3) is 0 Å². The van der Waals surface area contributed by atoms with E-state index in [0.29, 0.717) is 11.3 Å². The summed E-state index contributed by atoms with van der Waals surface area (Å²) in [6.45, 7) is 5.42. The number of aliphatic hydroxyl groups is 1. The van der Waals surface area contributed by atoms with E-state index >= 15 is 0 Å². The van der Waals surface area contributed by atoms with Gasteiger partial charge >= 0.3 is 0 Å². The van der Waals surface area contributed by atoms with Gasteiger partial charge in [-0.15, -0.1) is 0 Å². The van der Waals surface area contributed by atoms with Crippen LogP contribution in [0.15, 0.2) is 18.2 Å². The Morgan fingerprint density at radius 3 is 2.71 bits per heavy atom. The standard InChI is InChI=1S/C15H21NO4S/c1-12(2)20-9-10-21(18,19)16-15-11-13(3)6-7-14(15)5-4-8-17/h6-7,11-12,16-17H,8-10H2,1-3H3. The van der Waals surface area contributed by atoms with Crippen LogP contribution in [0.5, 0.6) is 0 Å². The number of nitrogens with one attached hydrogen (secondary N) is 1. The summed E-state index contributed by atoms with van der Waals surface area (Å²) in [6.07, 6.45) is -0.00912. The van der Waals surface area contributed by atoms with E-state index in [9.17, 15) is 8.42 Å². The number of rotatable bonds is 6. The van der Waals surface area contributed by atoms with Crippen LogP contribution < -0.4 is 4.72 Å². The van der Waals surface area contributed by atoms with E-state index in [0.717, 1.165) is 5.56 Å². The minimum absolute atomic E-state index is 0.00912. The molecule has 0 amide bonds. The maximum absolute atomic E-state index is 12.0. The van der Waals surface area contributed by atoms with Crippen LogP contribution in [0.1, 0.15) is 25.0 Å². The normalized spacial score (nSPS) is 11.1. The lowest BCUT2D eigenvalue weighted by Gasteiger charge is -2.12. The third-order valence-electron chi connectivity index (χ3n) is 2.55. The molecule has 6 heteroatoms. The van der Waals surface area contributed by atoms with Crippen LogP contribution in [-0.2, 0) is 14.8 Å². The van der Waals surface area contributed by atoms with Gasteiger partial charge in [-0.1, -0.05) is 17.9 Å². The number of anilines is 1. The largest absolute Gasteiger partial charge is 0.384 e. The highest BCUT2D eigenvalue weighted by atomic mass is 32.2. The minimum atomic E-state index is -3.50. The molecule has 0 fully saturated rings. The predicted molar refractivity (Wildman–Crippen MR) is 83.6 cm³/mol. The molecule has 0 saturated carbocycles. The molecule has 0 saturated heterocycles. The molecule has 0 spiro atoms. The van der Waals surface area contributed by atoms with E-state index in [-0.39, 0.29) is 25.1 Å². The topological polar surface area (TPSA) is 75.6 Å². The summed E-state index contributed by atoms with van der Waals surface area (Å²) in [5, 5.41) is 8.74. The molecule has 116 valence electrons. The van der Waals surface area contributed by atoms with Crippen molar-refractivity contribution in [1.82, 2.24) is 0 Å². The van der Waals surface area contributed by atoms with Gasteiger partial charge in [-0.3, -0.25) is 4.72 Å². The average Bonchev–Trinajstić information content (AvgIpc) is 2.36. The second-order valence-corrected chi connectivity index (χ2v) is 6.69. The summed E-state index contributed by atoms with van der Waals surface area (Å²) in [7, 11) is -3.50. The zero-order valence-corrected chi connectivity index (χ0v) is 13.3. The molecule has 0 atom stereocenters. The Labute approximate surface area is 126 Å². The third-order valence-corrected chi connectivity index (χ3v) is 3.78. The molecule has 2 N–H and O–H groups in total. The maximum atomic E-state index is 12.0. The lowest BCUT2D eigenvalue weighted by Crippen LogP contribution is -2.22. The van der Waals surface area contributed by atoms with E-state index in [1.807, 2.05) is 26.8 Å². The van der Waals surface area contributed by atoms with Gasteiger partial charge in [0, 0.05) is 5.56 Å². The van der Waals surface area contributed by atoms with Crippen molar-refractivity contribution in [2.24, 2.45) is 0 Å². The summed E-state index contributed by atoms with van der Waals surface area (Å²) < 4.78 is 31.8. The molecule has 0 aliphatic rings. The van der Waals surface area contributed by atoms with Gasteiger partial charge in [0.1, 0.15) is 6.61 Å². The second kappa shape index (κ2) is 8.03. The average molecular weight is 311 g/mol. The molecular weight excluding hydrogens is 290 g/mol. The van der Waals surface area contributed by atoms with Gasteiger partial charge in [0.2, 0.25) is 10.0 Å². The van der Waals surface area contributed by atoms with Crippen molar-refractivity contribution >= 4 is 15.7 Å². The van der Waals surface area contributed by atoms with E-state index < -0.39 is 10.0 Å². The first-order valence-electron chi connectivity index (χ1n) is 6.66. The Hall–Kier alpha value is -1.55. The van der Waals surface area contributed by atoms with Gasteiger partial charge in [0.15, 0.2) is 0 Å². The lowest BCUT2D eigenvalue weighted by atomic mass is 10.1. The Bertz CT molecular complexity index is 627. The first-order chi connectivity index (χ1) is 9.84. The molecule has 0 unspecified atom stereocenters. The second-order valence-electron chi connectivity index (χ2n) is 4.85. The van der Waals surface area contributed by atoms with Gasteiger partial charge < -0.3 is 9.84 Å². The third kappa shape index (κ3) is 6.63. The van der Waals surface area contributed by atoms with Crippen molar-refractivity contribution in [3.63, 3.8) is 0 Å². The Balaban J connectivity index is 2.87. The van der Waals surface area contributed by atoms with Crippen LogP contribution in [0.2, 0.25) is 0 Å². The fourth-order valence-corrected chi connectivity index (χ4v) is 2.52. The van der Waals surface area contributed by atoms with Gasteiger partial charge in [-0.05, 0) is 38.5 Å². The van der Waals surface area contributed by atoms with Crippen molar-refractivity contribution in [3.8, 4) is 11.8 Å². The molecule has 5 nitrogen and oxygen atoms in total. The molecule has 21 heavy (non-hydrogen) atoms. The zero-order valence-electron chi connectivity index (χ0n) is 12.5. The van der Waals surface area contributed by atoms with Crippen molar-refractivity contribution in [2.75, 3.05) is 23.7 Å². The quantitative estimate of drug-likeness (QED) is 0.781. The number of benzene rings is 1. The summed E-state index contributed by atoms with van der Waals surface area (Å²) in [5.41, 5.74) is 1.86. The first kappa shape index (κ1) is 17.5. The van der Waals surface area contributed by atoms with Gasteiger partial charge in [-0.2, -0.15) is 0 Å². The van der Waals surface area contributed by atoms with Crippen molar-refractivity contribution in [2.45, 2.75) is 26.9 Å². The molecule has 0 aromatic heterocycles. The van der Waals surface area contributed by atoms with E-state index in [1.54, 1.807) is 12.1 Å². The van der Waals surface area contributed by atoms with Crippen LogP contribution >= 0.6 is 0 Å². The summed E-state index contributed by atoms with van der Waals surface area (Å²) >= 11 is 0. The van der Waals surface area contributed by atoms with Crippen molar-refractivity contribution < 1.29 is 18.3 Å². The highest BCUT2D eigenvalue weighted by Gasteiger charge is 2.13. The number of ether oxygens (including phenoxy) is 1. The fourth-order valence-electron chi connectivity index (χ4n) is 1.60. The molecule has 0 aliphatic heterocycles. The number of aliphatic hydroxyl groups excluding tert-OH is 1. The molecule has 0 bridgehead atoms. The van der Waals surface area contributed by atoms with E-state index in [2.05, 4.69) is 16.6 Å². The fraction of sp³-hybridized carbons (Fsp3) is 0.467. The van der Waals surface area contributed by atoms with Crippen molar-refractivity contribution in [1.29, 1.82) is 0 Å². The van der Waals surface area contributed by atoms with E-state index in [4.69, 9.17) is 9.84 Å². The number of hydrogen-bond acceptors (Lipinski definition) is 4. The SMILES string of the molecule is Cc1ccc(C#CCO)c(NS(=O)(=O)CCOC(C)C)c1. The van der Waals surface area contributed by atoms with Gasteiger partial charge in [-0.25, -0.2) is 8.42 Å². The van der Waals surface area contributed by atoms with E-state index in [1.165, 1.54) is 0 Å². The number of hydrogen-bond donors (Lipinski definition) is 2. The summed E-state index contributed by atoms with van der Waals surface area (Å²) in [6, 6.07) is 5.27. The molecular formula is C15H21NO4S. The van der Waals surface area contributed by atoms with Gasteiger partial charge in [0.05, 0.1) is 24.2 Å². The van der Waals surface area contributed by atoms with Gasteiger partial charge in [0.25, 0.3) is 0 Å². The predicted octanol–water partition coefficient (Wildman–Crippen LogP) is 1.51. The highest BCUT2D eigenvalue weighted by Crippen LogP contribution is 2.18. The number of sulfonamides is 1. The molecule has 1 aromatic rings. The number of aryl methyl sites for hydroxylation is 1. The Kier molecular flexibility index (Phi) is 6.69. The zero-order chi connectivity index (χ0) is 15.9. The Morgan fingerprint density at radius 2 is 2.10 bits per heavy atom.